The van der Waals surface area contributed by atoms with Gasteiger partial charge in [-0.2, -0.15) is 0 Å². The van der Waals surface area contributed by atoms with Gasteiger partial charge in [0.25, 0.3) is 0 Å². The lowest BCUT2D eigenvalue weighted by molar-refractivity contribution is -0.137. The molecule has 1 aromatic carbocycles. The minimum Gasteiger partial charge on any atom is -0.486 e. The van der Waals surface area contributed by atoms with Crippen LogP contribution < -0.4 is 14.8 Å². The number of amides is 2. The Morgan fingerprint density at radius 1 is 1.36 bits per heavy atom. The summed E-state index contributed by atoms with van der Waals surface area (Å²) in [5.74, 6) is 0.127. The number of carboxylic acids is 1. The molecule has 1 heterocycles. The van der Waals surface area contributed by atoms with E-state index in [0.29, 0.717) is 29.7 Å². The zero-order valence-electron chi connectivity index (χ0n) is 12.1. The van der Waals surface area contributed by atoms with Gasteiger partial charge in [0.2, 0.25) is 0 Å². The molecule has 2 N–H and O–H groups in total. The summed E-state index contributed by atoms with van der Waals surface area (Å²) in [4.78, 5) is 23.6. The van der Waals surface area contributed by atoms with Crippen molar-refractivity contribution in [2.75, 3.05) is 26.8 Å². The molecule has 0 saturated carbocycles. The number of nitrogens with one attached hydrogen (secondary N) is 1. The quantitative estimate of drug-likeness (QED) is 0.859. The average molecular weight is 329 g/mol. The number of rotatable bonds is 5. The third-order valence-corrected chi connectivity index (χ3v) is 3.39. The first kappa shape index (κ1) is 16.2. The van der Waals surface area contributed by atoms with Gasteiger partial charge in [-0.3, -0.25) is 4.79 Å². The van der Waals surface area contributed by atoms with Gasteiger partial charge in [0.1, 0.15) is 13.2 Å². The van der Waals surface area contributed by atoms with Gasteiger partial charge in [-0.25, -0.2) is 4.79 Å². The zero-order valence-corrected chi connectivity index (χ0v) is 12.9. The van der Waals surface area contributed by atoms with Crippen LogP contribution in [-0.4, -0.2) is 48.8 Å². The fraction of sp³-hybridized carbons (Fsp3) is 0.429. The number of urea groups is 1. The molecule has 8 heteroatoms. The number of carbonyl (C=O) groups excluding carboxylic acids is 1. The number of carboxylic acid groups (broad SMARTS) is 1. The minimum atomic E-state index is -0.946. The highest BCUT2D eigenvalue weighted by Gasteiger charge is 2.17. The molecule has 2 amide bonds. The van der Waals surface area contributed by atoms with E-state index in [0.717, 1.165) is 5.56 Å². The van der Waals surface area contributed by atoms with Crippen LogP contribution in [0.5, 0.6) is 11.5 Å². The molecule has 1 aliphatic heterocycles. The van der Waals surface area contributed by atoms with Gasteiger partial charge in [0.05, 0.1) is 11.4 Å². The van der Waals surface area contributed by atoms with Crippen LogP contribution in [-0.2, 0) is 11.3 Å². The molecule has 0 spiro atoms. The van der Waals surface area contributed by atoms with Crippen molar-refractivity contribution >= 4 is 23.6 Å². The molecular weight excluding hydrogens is 312 g/mol. The van der Waals surface area contributed by atoms with Crippen LogP contribution in [0.25, 0.3) is 0 Å². The van der Waals surface area contributed by atoms with Gasteiger partial charge in [-0.15, -0.1) is 0 Å². The highest BCUT2D eigenvalue weighted by atomic mass is 35.5. The Morgan fingerprint density at radius 3 is 2.82 bits per heavy atom. The first-order valence-electron chi connectivity index (χ1n) is 6.76. The van der Waals surface area contributed by atoms with Crippen molar-refractivity contribution in [3.63, 3.8) is 0 Å². The second kappa shape index (κ2) is 7.22. The summed E-state index contributed by atoms with van der Waals surface area (Å²) in [6.07, 6.45) is -0.0974. The van der Waals surface area contributed by atoms with Crippen LogP contribution in [0.2, 0.25) is 5.02 Å². The number of benzene rings is 1. The normalized spacial score (nSPS) is 12.6. The van der Waals surface area contributed by atoms with Crippen molar-refractivity contribution in [3.8, 4) is 11.5 Å². The van der Waals surface area contributed by atoms with E-state index in [4.69, 9.17) is 26.2 Å². The van der Waals surface area contributed by atoms with Gasteiger partial charge in [-0.1, -0.05) is 11.6 Å². The van der Waals surface area contributed by atoms with Crippen LogP contribution in [0.3, 0.4) is 0 Å². The molecule has 1 aromatic rings. The molecule has 7 nitrogen and oxygen atoms in total. The van der Waals surface area contributed by atoms with Crippen LogP contribution >= 0.6 is 11.6 Å². The molecule has 0 saturated heterocycles. The van der Waals surface area contributed by atoms with E-state index in [-0.39, 0.29) is 25.5 Å². The SMILES string of the molecule is CN(CCC(=O)O)C(=O)NCc1cc(Cl)c2c(c1)OCCO2. The predicted octanol–water partition coefficient (Wildman–Crippen LogP) is 1.73. The van der Waals surface area contributed by atoms with Crippen molar-refractivity contribution in [1.82, 2.24) is 10.2 Å². The summed E-state index contributed by atoms with van der Waals surface area (Å²) in [7, 11) is 1.54. The molecule has 0 unspecified atom stereocenters. The van der Waals surface area contributed by atoms with E-state index in [9.17, 15) is 9.59 Å². The fourth-order valence-corrected chi connectivity index (χ4v) is 2.23. The van der Waals surface area contributed by atoms with E-state index in [1.165, 1.54) is 11.9 Å². The minimum absolute atomic E-state index is 0.0974. The largest absolute Gasteiger partial charge is 0.486 e. The Kier molecular flexibility index (Phi) is 5.32. The van der Waals surface area contributed by atoms with Crippen molar-refractivity contribution in [2.45, 2.75) is 13.0 Å². The van der Waals surface area contributed by atoms with Crippen LogP contribution in [0, 0.1) is 0 Å². The van der Waals surface area contributed by atoms with E-state index >= 15 is 0 Å². The van der Waals surface area contributed by atoms with Crippen LogP contribution in [0.4, 0.5) is 4.79 Å². The lowest BCUT2D eigenvalue weighted by atomic mass is 10.2. The molecule has 22 heavy (non-hydrogen) atoms. The molecule has 120 valence electrons. The summed E-state index contributed by atoms with van der Waals surface area (Å²) >= 11 is 6.12. The smallest absolute Gasteiger partial charge is 0.317 e. The zero-order chi connectivity index (χ0) is 16.1. The van der Waals surface area contributed by atoms with Gasteiger partial charge in [-0.05, 0) is 17.7 Å². The number of hydrogen-bond donors (Lipinski definition) is 2. The number of carbonyl (C=O) groups is 2. The molecule has 0 aliphatic carbocycles. The Balaban J connectivity index is 1.92. The van der Waals surface area contributed by atoms with Crippen molar-refractivity contribution in [1.29, 1.82) is 0 Å². The van der Waals surface area contributed by atoms with Gasteiger partial charge < -0.3 is 24.8 Å². The Hall–Kier alpha value is -2.15. The lowest BCUT2D eigenvalue weighted by Crippen LogP contribution is -2.38. The Labute approximate surface area is 132 Å². The topological polar surface area (TPSA) is 88.1 Å². The second-order valence-corrected chi connectivity index (χ2v) is 5.23. The molecule has 0 aromatic heterocycles. The van der Waals surface area contributed by atoms with Gasteiger partial charge in [0, 0.05) is 20.1 Å². The van der Waals surface area contributed by atoms with Gasteiger partial charge in [0.15, 0.2) is 11.5 Å². The molecule has 2 rings (SSSR count). The highest BCUT2D eigenvalue weighted by Crippen LogP contribution is 2.38. The van der Waals surface area contributed by atoms with Crippen molar-refractivity contribution in [3.05, 3.63) is 22.7 Å². The standard InChI is InChI=1S/C14H17ClN2O5/c1-17(3-2-12(18)19)14(20)16-8-9-6-10(15)13-11(7-9)21-4-5-22-13/h6-7H,2-5,8H2,1H3,(H,16,20)(H,18,19). The Bertz CT molecular complexity index is 579. The van der Waals surface area contributed by atoms with Gasteiger partial charge >= 0.3 is 12.0 Å². The van der Waals surface area contributed by atoms with Crippen LogP contribution in [0.1, 0.15) is 12.0 Å². The van der Waals surface area contributed by atoms with E-state index in [1.807, 2.05) is 0 Å². The first-order chi connectivity index (χ1) is 10.5. The van der Waals surface area contributed by atoms with E-state index in [2.05, 4.69) is 5.32 Å². The molecule has 0 fully saturated rings. The van der Waals surface area contributed by atoms with Crippen molar-refractivity contribution in [2.24, 2.45) is 0 Å². The molecular formula is C14H17ClN2O5. The maximum Gasteiger partial charge on any atom is 0.317 e. The summed E-state index contributed by atoms with van der Waals surface area (Å²) in [6, 6.07) is 3.11. The predicted molar refractivity (Wildman–Crippen MR) is 79.6 cm³/mol. The van der Waals surface area contributed by atoms with E-state index in [1.54, 1.807) is 12.1 Å². The summed E-state index contributed by atoms with van der Waals surface area (Å²) in [5, 5.41) is 11.7. The summed E-state index contributed by atoms with van der Waals surface area (Å²) in [6.45, 7) is 1.31. The van der Waals surface area contributed by atoms with Crippen molar-refractivity contribution < 1.29 is 24.2 Å². The Morgan fingerprint density at radius 2 is 2.09 bits per heavy atom. The number of nitrogens with zero attached hydrogens (tertiary/aromatic N) is 1. The molecule has 0 atom stereocenters. The number of fused-ring (bicyclic) bond motifs is 1. The number of aliphatic carboxylic acids is 1. The molecule has 0 radical (unpaired) electrons. The number of ether oxygens (including phenoxy) is 2. The third kappa shape index (κ3) is 4.17. The second-order valence-electron chi connectivity index (χ2n) is 4.83. The summed E-state index contributed by atoms with van der Waals surface area (Å²) in [5.41, 5.74) is 0.772. The number of halogens is 1. The fourth-order valence-electron chi connectivity index (χ4n) is 1.94. The van der Waals surface area contributed by atoms with E-state index < -0.39 is 5.97 Å². The maximum atomic E-state index is 11.8. The third-order valence-electron chi connectivity index (χ3n) is 3.11. The molecule has 0 bridgehead atoms. The monoisotopic (exact) mass is 328 g/mol. The molecule has 1 aliphatic rings. The lowest BCUT2D eigenvalue weighted by Gasteiger charge is -2.21. The summed E-state index contributed by atoms with van der Waals surface area (Å²) < 4.78 is 10.9. The maximum absolute atomic E-state index is 11.8. The highest BCUT2D eigenvalue weighted by molar-refractivity contribution is 6.32. The van der Waals surface area contributed by atoms with Crippen LogP contribution in [0.15, 0.2) is 12.1 Å². The number of hydrogen-bond acceptors (Lipinski definition) is 4. The first-order valence-corrected chi connectivity index (χ1v) is 7.14. The average Bonchev–Trinajstić information content (AvgIpc) is 2.50.